The first-order valence-corrected chi connectivity index (χ1v) is 6.66. The second-order valence-corrected chi connectivity index (χ2v) is 4.07. The Morgan fingerprint density at radius 2 is 1.61 bits per heavy atom. The molecular weight excluding hydrogens is 312 g/mol. The summed E-state index contributed by atoms with van der Waals surface area (Å²) in [6.45, 7) is 6.15. The Balaban J connectivity index is 4.33. The number of ether oxygens (including phenoxy) is 3. The first kappa shape index (κ1) is 20.4. The quantitative estimate of drug-likeness (QED) is 0.207. The Hall–Kier alpha value is -2.62. The Labute approximate surface area is 133 Å². The van der Waals surface area contributed by atoms with Crippen molar-refractivity contribution in [1.29, 1.82) is 0 Å². The number of hydroxylamine groups is 2. The minimum atomic E-state index is -1.30. The second-order valence-electron chi connectivity index (χ2n) is 4.07. The van der Waals surface area contributed by atoms with Crippen LogP contribution in [0.15, 0.2) is 12.2 Å². The van der Waals surface area contributed by atoms with Crippen LogP contribution in [0.2, 0.25) is 0 Å². The van der Waals surface area contributed by atoms with Gasteiger partial charge in [-0.15, -0.1) is 0 Å². The molecule has 0 aliphatic carbocycles. The molecule has 10 nitrogen and oxygen atoms in total. The summed E-state index contributed by atoms with van der Waals surface area (Å²) in [5.41, 5.74) is 4.99. The fourth-order valence-electron chi connectivity index (χ4n) is 1.14. The maximum absolute atomic E-state index is 11.8. The van der Waals surface area contributed by atoms with Crippen molar-refractivity contribution < 1.29 is 38.2 Å². The van der Waals surface area contributed by atoms with Gasteiger partial charge in [-0.1, -0.05) is 6.58 Å². The third kappa shape index (κ3) is 9.09. The Morgan fingerprint density at radius 3 is 2.09 bits per heavy atom. The van der Waals surface area contributed by atoms with Gasteiger partial charge >= 0.3 is 23.9 Å². The molecule has 0 atom stereocenters. The molecular formula is C13H20N2O8. The summed E-state index contributed by atoms with van der Waals surface area (Å²) >= 11 is 0. The molecule has 23 heavy (non-hydrogen) atoms. The largest absolute Gasteiger partial charge is 0.459 e. The van der Waals surface area contributed by atoms with Gasteiger partial charge in [0.15, 0.2) is 0 Å². The van der Waals surface area contributed by atoms with E-state index in [9.17, 15) is 19.2 Å². The molecule has 10 heteroatoms. The zero-order valence-electron chi connectivity index (χ0n) is 13.0. The standard InChI is InChI=1S/C13H20N2O8/c1-4-20-6-5-15(23-13(14)19)10(16)12(18)22-8-7-21-11(17)9(2)3/h2,4-8H2,1,3H3,(H2,14,19). The van der Waals surface area contributed by atoms with Crippen LogP contribution in [-0.4, -0.2) is 62.0 Å². The van der Waals surface area contributed by atoms with Gasteiger partial charge in [0, 0.05) is 12.2 Å². The summed E-state index contributed by atoms with van der Waals surface area (Å²) in [5, 5.41) is 0.431. The number of nitrogens with two attached hydrogens (primary N) is 1. The molecule has 0 aliphatic rings. The van der Waals surface area contributed by atoms with Crippen molar-refractivity contribution in [2.75, 3.05) is 33.0 Å². The number of carbonyl (C=O) groups excluding carboxylic acids is 4. The molecule has 0 spiro atoms. The van der Waals surface area contributed by atoms with E-state index in [2.05, 4.69) is 20.9 Å². The molecule has 0 rings (SSSR count). The lowest BCUT2D eigenvalue weighted by Crippen LogP contribution is -2.42. The molecule has 0 heterocycles. The number of hydrogen-bond acceptors (Lipinski definition) is 8. The van der Waals surface area contributed by atoms with Gasteiger partial charge < -0.3 is 24.8 Å². The van der Waals surface area contributed by atoms with Crippen LogP contribution >= 0.6 is 0 Å². The average Bonchev–Trinajstić information content (AvgIpc) is 2.48. The predicted octanol–water partition coefficient (Wildman–Crippen LogP) is -0.476. The topological polar surface area (TPSA) is 134 Å². The zero-order valence-corrected chi connectivity index (χ0v) is 13.0. The van der Waals surface area contributed by atoms with Crippen molar-refractivity contribution in [3.05, 3.63) is 12.2 Å². The monoisotopic (exact) mass is 332 g/mol. The van der Waals surface area contributed by atoms with E-state index in [4.69, 9.17) is 10.5 Å². The number of rotatable bonds is 8. The van der Waals surface area contributed by atoms with E-state index in [0.717, 1.165) is 0 Å². The van der Waals surface area contributed by atoms with Crippen LogP contribution in [0, 0.1) is 0 Å². The van der Waals surface area contributed by atoms with E-state index in [-0.39, 0.29) is 31.9 Å². The second kappa shape index (κ2) is 11.0. The van der Waals surface area contributed by atoms with E-state index in [1.54, 1.807) is 6.92 Å². The summed E-state index contributed by atoms with van der Waals surface area (Å²) in [4.78, 5) is 49.5. The lowest BCUT2D eigenvalue weighted by molar-refractivity contribution is -0.182. The number of nitrogens with zero attached hydrogens (tertiary/aromatic N) is 1. The third-order valence-electron chi connectivity index (χ3n) is 2.14. The van der Waals surface area contributed by atoms with E-state index in [0.29, 0.717) is 11.7 Å². The predicted molar refractivity (Wildman–Crippen MR) is 75.6 cm³/mol. The maximum Gasteiger partial charge on any atom is 0.429 e. The van der Waals surface area contributed by atoms with Crippen molar-refractivity contribution in [1.82, 2.24) is 5.06 Å². The van der Waals surface area contributed by atoms with E-state index >= 15 is 0 Å². The molecule has 2 N–H and O–H groups in total. The summed E-state index contributed by atoms with van der Waals surface area (Å²) in [6, 6.07) is 0. The SMILES string of the molecule is C=C(C)C(=O)OCCOC(=O)C(=O)N(CCOCC)OC(N)=O. The van der Waals surface area contributed by atoms with Crippen molar-refractivity contribution in [3.8, 4) is 0 Å². The van der Waals surface area contributed by atoms with E-state index in [1.807, 2.05) is 0 Å². The molecule has 0 fully saturated rings. The number of amides is 2. The van der Waals surface area contributed by atoms with Crippen molar-refractivity contribution >= 4 is 23.9 Å². The molecule has 0 unspecified atom stereocenters. The van der Waals surface area contributed by atoms with Crippen molar-refractivity contribution in [2.45, 2.75) is 13.8 Å². The number of primary amides is 1. The molecule has 2 amide bonds. The molecule has 0 radical (unpaired) electrons. The Bertz CT molecular complexity index is 463. The first-order valence-electron chi connectivity index (χ1n) is 6.66. The van der Waals surface area contributed by atoms with Crippen LogP contribution in [-0.2, 0) is 33.4 Å². The first-order chi connectivity index (χ1) is 10.8. The summed E-state index contributed by atoms with van der Waals surface area (Å²) in [7, 11) is 0. The van der Waals surface area contributed by atoms with Crippen LogP contribution in [0.3, 0.4) is 0 Å². The minimum Gasteiger partial charge on any atom is -0.459 e. The third-order valence-corrected chi connectivity index (χ3v) is 2.14. The molecule has 0 aromatic heterocycles. The van der Waals surface area contributed by atoms with Crippen LogP contribution in [0.1, 0.15) is 13.8 Å². The summed E-state index contributed by atoms with van der Waals surface area (Å²) < 4.78 is 14.2. The highest BCUT2D eigenvalue weighted by Crippen LogP contribution is 1.97. The molecule has 0 saturated heterocycles. The lowest BCUT2D eigenvalue weighted by atomic mass is 10.4. The Morgan fingerprint density at radius 1 is 1.04 bits per heavy atom. The molecule has 130 valence electrons. The van der Waals surface area contributed by atoms with Crippen molar-refractivity contribution in [2.24, 2.45) is 5.73 Å². The number of hydrogen-bond donors (Lipinski definition) is 1. The number of esters is 2. The molecule has 0 aromatic rings. The van der Waals surface area contributed by atoms with Gasteiger partial charge in [0.2, 0.25) is 0 Å². The van der Waals surface area contributed by atoms with Crippen LogP contribution in [0.5, 0.6) is 0 Å². The molecule has 0 saturated carbocycles. The van der Waals surface area contributed by atoms with Crippen LogP contribution in [0.4, 0.5) is 4.79 Å². The van der Waals surface area contributed by atoms with E-state index < -0.39 is 23.9 Å². The zero-order chi connectivity index (χ0) is 17.8. The summed E-state index contributed by atoms with van der Waals surface area (Å²) in [6.07, 6.45) is -1.27. The fraction of sp³-hybridized carbons (Fsp3) is 0.538. The summed E-state index contributed by atoms with van der Waals surface area (Å²) in [5.74, 6) is -3.19. The lowest BCUT2D eigenvalue weighted by Gasteiger charge is -2.18. The Kier molecular flexibility index (Phi) is 9.76. The highest BCUT2D eigenvalue weighted by Gasteiger charge is 2.26. The molecule has 0 bridgehead atoms. The smallest absolute Gasteiger partial charge is 0.429 e. The van der Waals surface area contributed by atoms with Gasteiger partial charge in [-0.2, -0.15) is 5.06 Å². The minimum absolute atomic E-state index is 0.0268. The van der Waals surface area contributed by atoms with E-state index in [1.165, 1.54) is 6.92 Å². The highest BCUT2D eigenvalue weighted by molar-refractivity contribution is 6.32. The van der Waals surface area contributed by atoms with Crippen molar-refractivity contribution in [3.63, 3.8) is 0 Å². The molecule has 0 aliphatic heterocycles. The van der Waals surface area contributed by atoms with Crippen LogP contribution in [0.25, 0.3) is 0 Å². The van der Waals surface area contributed by atoms with Gasteiger partial charge in [-0.3, -0.25) is 4.79 Å². The van der Waals surface area contributed by atoms with Gasteiger partial charge in [0.05, 0.1) is 13.2 Å². The van der Waals surface area contributed by atoms with Crippen LogP contribution < -0.4 is 5.73 Å². The fourth-order valence-corrected chi connectivity index (χ4v) is 1.14. The molecule has 0 aromatic carbocycles. The van der Waals surface area contributed by atoms with Gasteiger partial charge in [-0.05, 0) is 13.8 Å². The maximum atomic E-state index is 11.8. The van der Waals surface area contributed by atoms with Gasteiger partial charge in [-0.25, -0.2) is 14.4 Å². The van der Waals surface area contributed by atoms with Gasteiger partial charge in [0.25, 0.3) is 0 Å². The van der Waals surface area contributed by atoms with Gasteiger partial charge in [0.1, 0.15) is 13.2 Å². The number of carbonyl (C=O) groups is 4. The highest BCUT2D eigenvalue weighted by atomic mass is 16.7. The average molecular weight is 332 g/mol. The normalized spacial score (nSPS) is 9.65.